The summed E-state index contributed by atoms with van der Waals surface area (Å²) < 4.78 is 5.26. The first kappa shape index (κ1) is 19.9. The van der Waals surface area contributed by atoms with Gasteiger partial charge in [-0.1, -0.05) is 42.0 Å². The summed E-state index contributed by atoms with van der Waals surface area (Å²) in [5.41, 5.74) is 3.33. The minimum atomic E-state index is -0.154. The highest BCUT2D eigenvalue weighted by molar-refractivity contribution is 5.83. The van der Waals surface area contributed by atoms with Gasteiger partial charge in [0.2, 0.25) is 11.8 Å². The van der Waals surface area contributed by atoms with E-state index < -0.39 is 0 Å². The van der Waals surface area contributed by atoms with Crippen molar-refractivity contribution < 1.29 is 14.3 Å². The Hall–Kier alpha value is -2.82. The van der Waals surface area contributed by atoms with Crippen LogP contribution in [0.3, 0.4) is 0 Å². The molecule has 1 fully saturated rings. The molecule has 0 N–H and O–H groups in total. The number of methoxy groups -OCH3 is 1. The zero-order valence-electron chi connectivity index (χ0n) is 16.9. The van der Waals surface area contributed by atoms with Gasteiger partial charge in [-0.25, -0.2) is 0 Å². The predicted octanol–water partition coefficient (Wildman–Crippen LogP) is 3.40. The lowest BCUT2D eigenvalue weighted by atomic mass is 9.95. The van der Waals surface area contributed by atoms with Gasteiger partial charge in [0, 0.05) is 33.1 Å². The van der Waals surface area contributed by atoms with Crippen molar-refractivity contribution in [3.63, 3.8) is 0 Å². The summed E-state index contributed by atoms with van der Waals surface area (Å²) >= 11 is 0. The molecule has 148 valence electrons. The Balaban J connectivity index is 1.62. The van der Waals surface area contributed by atoms with Gasteiger partial charge in [0.1, 0.15) is 5.75 Å². The molecule has 1 saturated heterocycles. The fraction of sp³-hybridized carbons (Fsp3) is 0.391. The molecule has 0 aromatic heterocycles. The minimum absolute atomic E-state index is 0.101. The molecule has 0 bridgehead atoms. The number of nitrogens with zero attached hydrogens (tertiary/aromatic N) is 2. The molecule has 1 aliphatic heterocycles. The Bertz CT molecular complexity index is 832. The Kier molecular flexibility index (Phi) is 6.34. The molecule has 0 unspecified atom stereocenters. The maximum Gasteiger partial charge on any atom is 0.227 e. The second kappa shape index (κ2) is 8.91. The summed E-state index contributed by atoms with van der Waals surface area (Å²) in [4.78, 5) is 28.9. The van der Waals surface area contributed by atoms with Crippen molar-refractivity contribution in [2.24, 2.45) is 5.92 Å². The average molecular weight is 380 g/mol. The van der Waals surface area contributed by atoms with Crippen LogP contribution in [0.4, 0.5) is 0 Å². The second-order valence-corrected chi connectivity index (χ2v) is 7.54. The normalized spacial score (nSPS) is 16.8. The summed E-state index contributed by atoms with van der Waals surface area (Å²) in [6.07, 6.45) is 1.03. The Morgan fingerprint density at radius 1 is 1.18 bits per heavy atom. The Labute approximate surface area is 166 Å². The van der Waals surface area contributed by atoms with Crippen molar-refractivity contribution in [1.82, 2.24) is 9.80 Å². The van der Waals surface area contributed by atoms with E-state index in [-0.39, 0.29) is 17.7 Å². The molecule has 2 aromatic rings. The first-order chi connectivity index (χ1) is 13.5. The van der Waals surface area contributed by atoms with Gasteiger partial charge in [-0.15, -0.1) is 0 Å². The third-order valence-electron chi connectivity index (χ3n) is 5.27. The third kappa shape index (κ3) is 4.91. The van der Waals surface area contributed by atoms with Crippen LogP contribution in [0, 0.1) is 12.8 Å². The van der Waals surface area contributed by atoms with E-state index in [1.165, 1.54) is 5.56 Å². The molecule has 1 heterocycles. The highest BCUT2D eigenvalue weighted by atomic mass is 16.5. The Morgan fingerprint density at radius 3 is 2.64 bits per heavy atom. The predicted molar refractivity (Wildman–Crippen MR) is 109 cm³/mol. The number of ether oxygens (including phenoxy) is 1. The van der Waals surface area contributed by atoms with E-state index in [4.69, 9.17) is 4.74 Å². The summed E-state index contributed by atoms with van der Waals surface area (Å²) in [6.45, 7) is 3.60. The van der Waals surface area contributed by atoms with E-state index in [2.05, 4.69) is 31.2 Å². The number of carbonyl (C=O) groups is 2. The number of benzene rings is 2. The zero-order valence-corrected chi connectivity index (χ0v) is 16.9. The first-order valence-electron chi connectivity index (χ1n) is 9.67. The van der Waals surface area contributed by atoms with Crippen molar-refractivity contribution in [2.75, 3.05) is 20.7 Å². The van der Waals surface area contributed by atoms with Crippen LogP contribution >= 0.6 is 0 Å². The molecule has 0 spiro atoms. The van der Waals surface area contributed by atoms with Gasteiger partial charge >= 0.3 is 0 Å². The van der Waals surface area contributed by atoms with Crippen LogP contribution in [-0.2, 0) is 22.7 Å². The molecule has 5 nitrogen and oxygen atoms in total. The van der Waals surface area contributed by atoms with E-state index in [1.807, 2.05) is 31.3 Å². The lowest BCUT2D eigenvalue weighted by molar-refractivity contribution is -0.143. The van der Waals surface area contributed by atoms with Crippen LogP contribution in [0.25, 0.3) is 0 Å². The monoisotopic (exact) mass is 380 g/mol. The number of piperidine rings is 1. The molecule has 0 radical (unpaired) electrons. The van der Waals surface area contributed by atoms with Crippen molar-refractivity contribution in [2.45, 2.75) is 32.9 Å². The van der Waals surface area contributed by atoms with Gasteiger partial charge in [0.25, 0.3) is 0 Å². The van der Waals surface area contributed by atoms with Gasteiger partial charge in [0.15, 0.2) is 0 Å². The SMILES string of the molecule is COc1cccc(CN2C[C@@H](C(=O)N(C)Cc3ccc(C)cc3)CCC2=O)c1. The molecular formula is C23H28N2O3. The number of aryl methyl sites for hydroxylation is 1. The van der Waals surface area contributed by atoms with Crippen LogP contribution in [0.15, 0.2) is 48.5 Å². The molecule has 0 aliphatic carbocycles. The van der Waals surface area contributed by atoms with Gasteiger partial charge in [-0.2, -0.15) is 0 Å². The van der Waals surface area contributed by atoms with Crippen LogP contribution in [0.5, 0.6) is 5.75 Å². The van der Waals surface area contributed by atoms with E-state index >= 15 is 0 Å². The lowest BCUT2D eigenvalue weighted by Crippen LogP contribution is -2.45. The number of amides is 2. The van der Waals surface area contributed by atoms with Crippen LogP contribution in [-0.4, -0.2) is 42.3 Å². The number of hydrogen-bond donors (Lipinski definition) is 0. The van der Waals surface area contributed by atoms with Gasteiger partial charge < -0.3 is 14.5 Å². The second-order valence-electron chi connectivity index (χ2n) is 7.54. The highest BCUT2D eigenvalue weighted by Gasteiger charge is 2.31. The van der Waals surface area contributed by atoms with Crippen molar-refractivity contribution in [1.29, 1.82) is 0 Å². The van der Waals surface area contributed by atoms with E-state index in [9.17, 15) is 9.59 Å². The summed E-state index contributed by atoms with van der Waals surface area (Å²) in [5.74, 6) is 0.822. The average Bonchev–Trinajstić information content (AvgIpc) is 2.71. The van der Waals surface area contributed by atoms with Gasteiger partial charge in [0.05, 0.1) is 13.0 Å². The van der Waals surface area contributed by atoms with E-state index in [0.717, 1.165) is 16.9 Å². The maximum atomic E-state index is 12.9. The summed E-state index contributed by atoms with van der Waals surface area (Å²) in [7, 11) is 3.47. The number of likely N-dealkylation sites (tertiary alicyclic amines) is 1. The molecular weight excluding hydrogens is 352 g/mol. The number of rotatable bonds is 6. The van der Waals surface area contributed by atoms with E-state index in [1.54, 1.807) is 16.9 Å². The maximum absolute atomic E-state index is 12.9. The van der Waals surface area contributed by atoms with E-state index in [0.29, 0.717) is 32.5 Å². The number of hydrogen-bond acceptors (Lipinski definition) is 3. The molecule has 1 atom stereocenters. The fourth-order valence-corrected chi connectivity index (χ4v) is 3.62. The molecule has 0 saturated carbocycles. The number of carbonyl (C=O) groups excluding carboxylic acids is 2. The smallest absolute Gasteiger partial charge is 0.227 e. The zero-order chi connectivity index (χ0) is 20.1. The van der Waals surface area contributed by atoms with Gasteiger partial charge in [-0.3, -0.25) is 9.59 Å². The minimum Gasteiger partial charge on any atom is -0.497 e. The summed E-state index contributed by atoms with van der Waals surface area (Å²) in [5, 5.41) is 0. The molecule has 2 amide bonds. The van der Waals surface area contributed by atoms with Gasteiger partial charge in [-0.05, 0) is 36.6 Å². The molecule has 2 aromatic carbocycles. The Morgan fingerprint density at radius 2 is 1.93 bits per heavy atom. The lowest BCUT2D eigenvalue weighted by Gasteiger charge is -2.34. The van der Waals surface area contributed by atoms with Crippen molar-refractivity contribution in [3.8, 4) is 5.75 Å². The van der Waals surface area contributed by atoms with Crippen molar-refractivity contribution >= 4 is 11.8 Å². The summed E-state index contributed by atoms with van der Waals surface area (Å²) in [6, 6.07) is 15.9. The molecule has 28 heavy (non-hydrogen) atoms. The molecule has 1 aliphatic rings. The van der Waals surface area contributed by atoms with Crippen molar-refractivity contribution in [3.05, 3.63) is 65.2 Å². The fourth-order valence-electron chi connectivity index (χ4n) is 3.62. The third-order valence-corrected chi connectivity index (χ3v) is 5.27. The standard InChI is InChI=1S/C23H28N2O3/c1-17-7-9-18(10-8-17)14-24(2)23(27)20-11-12-22(26)25(16-20)15-19-5-4-6-21(13-19)28-3/h4-10,13,20H,11-12,14-16H2,1-3H3/t20-/m0/s1. The molecule has 5 heteroatoms. The highest BCUT2D eigenvalue weighted by Crippen LogP contribution is 2.23. The van der Waals surface area contributed by atoms with Crippen LogP contribution < -0.4 is 4.74 Å². The molecule has 3 rings (SSSR count). The first-order valence-corrected chi connectivity index (χ1v) is 9.67. The quantitative estimate of drug-likeness (QED) is 0.772. The largest absolute Gasteiger partial charge is 0.497 e. The topological polar surface area (TPSA) is 49.9 Å². The van der Waals surface area contributed by atoms with Crippen LogP contribution in [0.1, 0.15) is 29.5 Å². The van der Waals surface area contributed by atoms with Crippen LogP contribution in [0.2, 0.25) is 0 Å².